The highest BCUT2D eigenvalue weighted by molar-refractivity contribution is 5.94. The molecule has 1 aliphatic heterocycles. The van der Waals surface area contributed by atoms with Crippen LogP contribution in [0.15, 0.2) is 48.5 Å². The molecule has 7 heteroatoms. The summed E-state index contributed by atoms with van der Waals surface area (Å²) in [6.45, 7) is 2.03. The monoisotopic (exact) mass is 399 g/mol. The summed E-state index contributed by atoms with van der Waals surface area (Å²) in [6.07, 6.45) is 2.14. The molecule has 29 heavy (non-hydrogen) atoms. The molecule has 3 rings (SSSR count). The second kappa shape index (κ2) is 10.6. The minimum atomic E-state index is -1.07. The van der Waals surface area contributed by atoms with Crippen LogP contribution in [0.4, 0.5) is 0 Å². The molecule has 0 saturated carbocycles. The van der Waals surface area contributed by atoms with Gasteiger partial charge in [-0.15, -0.1) is 0 Å². The maximum absolute atomic E-state index is 12.3. The SMILES string of the molecule is O=C(O)COc1cccc(C(=O)NCc2ccc(COC3CCOCC3)cc2)c1. The van der Waals surface area contributed by atoms with E-state index in [1.54, 1.807) is 18.2 Å². The first-order valence-electron chi connectivity index (χ1n) is 9.60. The third kappa shape index (κ3) is 6.89. The summed E-state index contributed by atoms with van der Waals surface area (Å²) in [5, 5.41) is 11.5. The highest BCUT2D eigenvalue weighted by Gasteiger charge is 2.14. The number of ether oxygens (including phenoxy) is 3. The summed E-state index contributed by atoms with van der Waals surface area (Å²) in [7, 11) is 0. The Kier molecular flexibility index (Phi) is 7.61. The molecular formula is C22H25NO6. The van der Waals surface area contributed by atoms with E-state index in [0.29, 0.717) is 24.5 Å². The number of carboxylic acid groups (broad SMARTS) is 1. The predicted molar refractivity (Wildman–Crippen MR) is 106 cm³/mol. The number of hydrogen-bond acceptors (Lipinski definition) is 5. The van der Waals surface area contributed by atoms with Crippen LogP contribution in [0.3, 0.4) is 0 Å². The molecule has 0 aromatic heterocycles. The third-order valence-electron chi connectivity index (χ3n) is 4.59. The largest absolute Gasteiger partial charge is 0.482 e. The van der Waals surface area contributed by atoms with E-state index in [-0.39, 0.29) is 12.0 Å². The van der Waals surface area contributed by atoms with E-state index in [1.807, 2.05) is 24.3 Å². The smallest absolute Gasteiger partial charge is 0.341 e. The van der Waals surface area contributed by atoms with Gasteiger partial charge in [-0.05, 0) is 42.2 Å². The van der Waals surface area contributed by atoms with Gasteiger partial charge in [0, 0.05) is 25.3 Å². The summed E-state index contributed by atoms with van der Waals surface area (Å²) in [4.78, 5) is 22.9. The molecule has 0 atom stereocenters. The first-order valence-corrected chi connectivity index (χ1v) is 9.60. The number of nitrogens with one attached hydrogen (secondary N) is 1. The van der Waals surface area contributed by atoms with Crippen molar-refractivity contribution in [1.82, 2.24) is 5.32 Å². The number of rotatable bonds is 9. The first kappa shape index (κ1) is 20.8. The molecule has 0 aliphatic carbocycles. The Morgan fingerprint density at radius 3 is 2.52 bits per heavy atom. The lowest BCUT2D eigenvalue weighted by Crippen LogP contribution is -2.23. The fraction of sp³-hybridized carbons (Fsp3) is 0.364. The van der Waals surface area contributed by atoms with Crippen LogP contribution in [0.1, 0.15) is 34.3 Å². The fourth-order valence-corrected chi connectivity index (χ4v) is 2.97. The van der Waals surface area contributed by atoms with Crippen molar-refractivity contribution < 1.29 is 28.9 Å². The van der Waals surface area contributed by atoms with Crippen molar-refractivity contribution in [3.05, 3.63) is 65.2 Å². The standard InChI is InChI=1S/C22H25NO6/c24-21(25)15-29-20-3-1-2-18(12-20)22(26)23-13-16-4-6-17(7-5-16)14-28-19-8-10-27-11-9-19/h1-7,12,19H,8-11,13-15H2,(H,23,26)(H,24,25). The number of benzene rings is 2. The number of carbonyl (C=O) groups is 2. The van der Waals surface area contributed by atoms with Crippen molar-refractivity contribution in [1.29, 1.82) is 0 Å². The molecule has 2 aromatic rings. The number of carboxylic acids is 1. The van der Waals surface area contributed by atoms with Crippen molar-refractivity contribution >= 4 is 11.9 Å². The number of hydrogen-bond donors (Lipinski definition) is 2. The van der Waals surface area contributed by atoms with Gasteiger partial charge >= 0.3 is 5.97 Å². The topological polar surface area (TPSA) is 94.1 Å². The Bertz CT molecular complexity index is 814. The Morgan fingerprint density at radius 2 is 1.79 bits per heavy atom. The molecule has 7 nitrogen and oxygen atoms in total. The zero-order chi connectivity index (χ0) is 20.5. The lowest BCUT2D eigenvalue weighted by atomic mass is 10.1. The molecule has 1 heterocycles. The van der Waals surface area contributed by atoms with Gasteiger partial charge in [0.2, 0.25) is 0 Å². The van der Waals surface area contributed by atoms with Crippen LogP contribution in [0.25, 0.3) is 0 Å². The van der Waals surface area contributed by atoms with Crippen LogP contribution in [0, 0.1) is 0 Å². The lowest BCUT2D eigenvalue weighted by molar-refractivity contribution is -0.139. The van der Waals surface area contributed by atoms with Crippen molar-refractivity contribution in [2.24, 2.45) is 0 Å². The number of carbonyl (C=O) groups excluding carboxylic acids is 1. The molecule has 1 amide bonds. The Morgan fingerprint density at radius 1 is 1.07 bits per heavy atom. The normalized spacial score (nSPS) is 14.3. The average molecular weight is 399 g/mol. The molecule has 1 fully saturated rings. The molecule has 0 bridgehead atoms. The molecule has 1 aliphatic rings. The summed E-state index contributed by atoms with van der Waals surface area (Å²) in [5.41, 5.74) is 2.48. The van der Waals surface area contributed by atoms with Gasteiger partial charge in [-0.25, -0.2) is 4.79 Å². The molecule has 2 N–H and O–H groups in total. The minimum Gasteiger partial charge on any atom is -0.482 e. The van der Waals surface area contributed by atoms with E-state index < -0.39 is 12.6 Å². The van der Waals surface area contributed by atoms with Crippen LogP contribution < -0.4 is 10.1 Å². The van der Waals surface area contributed by atoms with Gasteiger partial charge < -0.3 is 24.6 Å². The molecule has 154 valence electrons. The van der Waals surface area contributed by atoms with Crippen LogP contribution in [-0.4, -0.2) is 42.9 Å². The second-order valence-corrected chi connectivity index (χ2v) is 6.83. The zero-order valence-corrected chi connectivity index (χ0v) is 16.1. The van der Waals surface area contributed by atoms with Crippen molar-refractivity contribution in [3.8, 4) is 5.75 Å². The van der Waals surface area contributed by atoms with E-state index in [4.69, 9.17) is 19.3 Å². The molecule has 1 saturated heterocycles. The van der Waals surface area contributed by atoms with Crippen molar-refractivity contribution in [2.45, 2.75) is 32.1 Å². The number of aliphatic carboxylic acids is 1. The van der Waals surface area contributed by atoms with E-state index in [0.717, 1.165) is 37.2 Å². The van der Waals surface area contributed by atoms with Crippen LogP contribution in [0.5, 0.6) is 5.75 Å². The number of amides is 1. The Labute approximate surface area is 169 Å². The van der Waals surface area contributed by atoms with Gasteiger partial charge in [-0.2, -0.15) is 0 Å². The van der Waals surface area contributed by atoms with Gasteiger partial charge in [0.1, 0.15) is 5.75 Å². The minimum absolute atomic E-state index is 0.252. The Hall–Kier alpha value is -2.90. The van der Waals surface area contributed by atoms with Gasteiger partial charge in [0.15, 0.2) is 6.61 Å². The zero-order valence-electron chi connectivity index (χ0n) is 16.1. The van der Waals surface area contributed by atoms with E-state index in [9.17, 15) is 9.59 Å². The van der Waals surface area contributed by atoms with Crippen molar-refractivity contribution in [3.63, 3.8) is 0 Å². The van der Waals surface area contributed by atoms with Gasteiger partial charge in [-0.3, -0.25) is 4.79 Å². The first-order chi connectivity index (χ1) is 14.1. The van der Waals surface area contributed by atoms with Crippen LogP contribution >= 0.6 is 0 Å². The fourth-order valence-electron chi connectivity index (χ4n) is 2.97. The summed E-state index contributed by atoms with van der Waals surface area (Å²) < 4.78 is 16.3. The summed E-state index contributed by atoms with van der Waals surface area (Å²) >= 11 is 0. The van der Waals surface area contributed by atoms with Crippen molar-refractivity contribution in [2.75, 3.05) is 19.8 Å². The average Bonchev–Trinajstić information content (AvgIpc) is 2.76. The van der Waals surface area contributed by atoms with E-state index in [2.05, 4.69) is 5.32 Å². The maximum atomic E-state index is 12.3. The Balaban J connectivity index is 1.46. The quantitative estimate of drug-likeness (QED) is 0.673. The van der Waals surface area contributed by atoms with Crippen LogP contribution in [0.2, 0.25) is 0 Å². The third-order valence-corrected chi connectivity index (χ3v) is 4.59. The predicted octanol–water partition coefficient (Wildman–Crippen LogP) is 2.78. The summed E-state index contributed by atoms with van der Waals surface area (Å²) in [5.74, 6) is -0.979. The van der Waals surface area contributed by atoms with Gasteiger partial charge in [0.05, 0.1) is 12.7 Å². The second-order valence-electron chi connectivity index (χ2n) is 6.83. The van der Waals surface area contributed by atoms with Crippen LogP contribution in [-0.2, 0) is 27.4 Å². The molecule has 0 spiro atoms. The lowest BCUT2D eigenvalue weighted by Gasteiger charge is -2.22. The molecule has 0 radical (unpaired) electrons. The molecule has 0 unspecified atom stereocenters. The summed E-state index contributed by atoms with van der Waals surface area (Å²) in [6, 6.07) is 14.4. The highest BCUT2D eigenvalue weighted by atomic mass is 16.5. The van der Waals surface area contributed by atoms with Gasteiger partial charge in [0.25, 0.3) is 5.91 Å². The van der Waals surface area contributed by atoms with E-state index in [1.165, 1.54) is 6.07 Å². The van der Waals surface area contributed by atoms with Gasteiger partial charge in [-0.1, -0.05) is 30.3 Å². The molecule has 2 aromatic carbocycles. The van der Waals surface area contributed by atoms with E-state index >= 15 is 0 Å². The molecular weight excluding hydrogens is 374 g/mol. The maximum Gasteiger partial charge on any atom is 0.341 e. The highest BCUT2D eigenvalue weighted by Crippen LogP contribution is 2.15.